The Morgan fingerprint density at radius 3 is 2.53 bits per heavy atom. The summed E-state index contributed by atoms with van der Waals surface area (Å²) in [7, 11) is 0. The van der Waals surface area contributed by atoms with Crippen molar-refractivity contribution in [1.29, 1.82) is 0 Å². The summed E-state index contributed by atoms with van der Waals surface area (Å²) in [4.78, 5) is 24.4. The van der Waals surface area contributed by atoms with Crippen molar-refractivity contribution in [3.8, 4) is 0 Å². The molecule has 0 radical (unpaired) electrons. The molecule has 0 unspecified atom stereocenters. The molecule has 104 valence electrons. The second kappa shape index (κ2) is 6.65. The van der Waals surface area contributed by atoms with Gasteiger partial charge in [-0.1, -0.05) is 15.9 Å². The molecule has 0 spiro atoms. The zero-order chi connectivity index (χ0) is 14.6. The minimum absolute atomic E-state index is 0.00522. The van der Waals surface area contributed by atoms with E-state index < -0.39 is 4.92 Å². The molecule has 0 N–H and O–H groups in total. The van der Waals surface area contributed by atoms with Crippen LogP contribution in [-0.2, 0) is 0 Å². The third kappa shape index (κ3) is 3.76. The Morgan fingerprint density at radius 1 is 1.47 bits per heavy atom. The number of non-ortho nitro benzene ring substituents is 1. The highest BCUT2D eigenvalue weighted by Crippen LogP contribution is 2.19. The summed E-state index contributed by atoms with van der Waals surface area (Å²) in [6.45, 7) is 6.21. The van der Waals surface area contributed by atoms with E-state index in [0.717, 1.165) is 0 Å². The Balaban J connectivity index is 3.08. The lowest BCUT2D eigenvalue weighted by Gasteiger charge is -2.26. The zero-order valence-electron chi connectivity index (χ0n) is 11.2. The van der Waals surface area contributed by atoms with Gasteiger partial charge in [0.1, 0.15) is 0 Å². The number of hydrogen-bond donors (Lipinski definition) is 0. The summed E-state index contributed by atoms with van der Waals surface area (Å²) in [5.74, 6) is -0.0955. The van der Waals surface area contributed by atoms with Crippen LogP contribution in [0, 0.1) is 17.0 Å². The Labute approximate surface area is 120 Å². The fourth-order valence-corrected chi connectivity index (χ4v) is 2.22. The van der Waals surface area contributed by atoms with E-state index in [1.807, 2.05) is 13.8 Å². The quantitative estimate of drug-likeness (QED) is 0.474. The van der Waals surface area contributed by atoms with Crippen LogP contribution in [0.3, 0.4) is 0 Å². The standard InChI is InChI=1S/C13H17BrN2O3/c1-9(2)15(7-6-14)13(17)12-5-4-11(16(18)19)8-10(12)3/h4-5,8-9H,6-7H2,1-3H3. The fourth-order valence-electron chi connectivity index (χ4n) is 1.84. The Hall–Kier alpha value is -1.43. The molecule has 0 aliphatic heterocycles. The van der Waals surface area contributed by atoms with Gasteiger partial charge < -0.3 is 4.90 Å². The normalized spacial score (nSPS) is 10.6. The van der Waals surface area contributed by atoms with Crippen molar-refractivity contribution >= 4 is 27.5 Å². The van der Waals surface area contributed by atoms with E-state index in [9.17, 15) is 14.9 Å². The average Bonchev–Trinajstić information content (AvgIpc) is 2.34. The molecule has 0 aliphatic rings. The van der Waals surface area contributed by atoms with Crippen LogP contribution in [0.25, 0.3) is 0 Å². The van der Waals surface area contributed by atoms with Gasteiger partial charge in [0.25, 0.3) is 11.6 Å². The zero-order valence-corrected chi connectivity index (χ0v) is 12.8. The van der Waals surface area contributed by atoms with Crippen LogP contribution in [0.5, 0.6) is 0 Å². The highest BCUT2D eigenvalue weighted by molar-refractivity contribution is 9.09. The molecule has 0 fully saturated rings. The van der Waals surface area contributed by atoms with E-state index in [-0.39, 0.29) is 17.6 Å². The van der Waals surface area contributed by atoms with Gasteiger partial charge in [0, 0.05) is 35.6 Å². The lowest BCUT2D eigenvalue weighted by molar-refractivity contribution is -0.384. The SMILES string of the molecule is Cc1cc([N+](=O)[O-])ccc1C(=O)N(CCBr)C(C)C. The second-order valence-corrected chi connectivity index (χ2v) is 5.33. The van der Waals surface area contributed by atoms with Crippen LogP contribution in [-0.4, -0.2) is 33.6 Å². The lowest BCUT2D eigenvalue weighted by Crippen LogP contribution is -2.38. The molecular formula is C13H17BrN2O3. The van der Waals surface area contributed by atoms with E-state index in [0.29, 0.717) is 23.0 Å². The monoisotopic (exact) mass is 328 g/mol. The summed E-state index contributed by atoms with van der Waals surface area (Å²) in [6.07, 6.45) is 0. The Bertz CT molecular complexity index is 489. The molecule has 1 rings (SSSR count). The number of hydrogen-bond acceptors (Lipinski definition) is 3. The van der Waals surface area contributed by atoms with Gasteiger partial charge in [-0.3, -0.25) is 14.9 Å². The second-order valence-electron chi connectivity index (χ2n) is 4.54. The summed E-state index contributed by atoms with van der Waals surface area (Å²) >= 11 is 3.33. The first-order valence-electron chi connectivity index (χ1n) is 6.00. The number of carbonyl (C=O) groups excluding carboxylic acids is 1. The molecule has 1 aromatic carbocycles. The van der Waals surface area contributed by atoms with Crippen LogP contribution in [0.2, 0.25) is 0 Å². The summed E-state index contributed by atoms with van der Waals surface area (Å²) in [5.41, 5.74) is 1.14. The molecule has 6 heteroatoms. The molecule has 1 aromatic rings. The maximum absolute atomic E-state index is 12.4. The minimum atomic E-state index is -0.458. The highest BCUT2D eigenvalue weighted by atomic mass is 79.9. The molecule has 0 bridgehead atoms. The number of nitro benzene ring substituents is 1. The molecule has 0 saturated carbocycles. The minimum Gasteiger partial charge on any atom is -0.335 e. The molecule has 0 heterocycles. The number of nitro groups is 1. The number of rotatable bonds is 5. The van der Waals surface area contributed by atoms with Gasteiger partial charge in [-0.25, -0.2) is 0 Å². The van der Waals surface area contributed by atoms with E-state index in [1.54, 1.807) is 11.8 Å². The van der Waals surface area contributed by atoms with Crippen molar-refractivity contribution in [2.75, 3.05) is 11.9 Å². The summed E-state index contributed by atoms with van der Waals surface area (Å²) < 4.78 is 0. The third-order valence-electron chi connectivity index (χ3n) is 2.86. The number of nitrogens with zero attached hydrogens (tertiary/aromatic N) is 2. The number of halogens is 1. The van der Waals surface area contributed by atoms with Crippen LogP contribution in [0.15, 0.2) is 18.2 Å². The van der Waals surface area contributed by atoms with Crippen molar-refractivity contribution < 1.29 is 9.72 Å². The van der Waals surface area contributed by atoms with Crippen molar-refractivity contribution in [2.24, 2.45) is 0 Å². The van der Waals surface area contributed by atoms with Crippen molar-refractivity contribution in [3.63, 3.8) is 0 Å². The van der Waals surface area contributed by atoms with Gasteiger partial charge in [0.05, 0.1) is 4.92 Å². The van der Waals surface area contributed by atoms with Crippen molar-refractivity contribution in [3.05, 3.63) is 39.4 Å². The van der Waals surface area contributed by atoms with Crippen LogP contribution < -0.4 is 0 Å². The number of carbonyl (C=O) groups is 1. The lowest BCUT2D eigenvalue weighted by atomic mass is 10.1. The predicted molar refractivity (Wildman–Crippen MR) is 77.8 cm³/mol. The van der Waals surface area contributed by atoms with E-state index >= 15 is 0 Å². The first kappa shape index (κ1) is 15.6. The number of benzene rings is 1. The Morgan fingerprint density at radius 2 is 2.11 bits per heavy atom. The summed E-state index contributed by atoms with van der Waals surface area (Å²) in [5, 5.41) is 11.4. The molecule has 1 amide bonds. The number of alkyl halides is 1. The van der Waals surface area contributed by atoms with Crippen LogP contribution in [0.4, 0.5) is 5.69 Å². The Kier molecular flexibility index (Phi) is 5.47. The maximum atomic E-state index is 12.4. The molecule has 0 aromatic heterocycles. The van der Waals surface area contributed by atoms with E-state index in [1.165, 1.54) is 18.2 Å². The van der Waals surface area contributed by atoms with E-state index in [4.69, 9.17) is 0 Å². The van der Waals surface area contributed by atoms with Crippen molar-refractivity contribution in [1.82, 2.24) is 4.90 Å². The van der Waals surface area contributed by atoms with Crippen LogP contribution >= 0.6 is 15.9 Å². The maximum Gasteiger partial charge on any atom is 0.269 e. The topological polar surface area (TPSA) is 63.5 Å². The van der Waals surface area contributed by atoms with E-state index in [2.05, 4.69) is 15.9 Å². The van der Waals surface area contributed by atoms with Gasteiger partial charge in [-0.2, -0.15) is 0 Å². The number of aryl methyl sites for hydroxylation is 1. The smallest absolute Gasteiger partial charge is 0.269 e. The molecule has 0 aliphatic carbocycles. The first-order valence-corrected chi connectivity index (χ1v) is 7.12. The molecule has 19 heavy (non-hydrogen) atoms. The predicted octanol–water partition coefficient (Wildman–Crippen LogP) is 3.15. The first-order chi connectivity index (χ1) is 8.88. The largest absolute Gasteiger partial charge is 0.335 e. The fraction of sp³-hybridized carbons (Fsp3) is 0.462. The molecule has 0 atom stereocenters. The third-order valence-corrected chi connectivity index (χ3v) is 3.22. The molecular weight excluding hydrogens is 312 g/mol. The van der Waals surface area contributed by atoms with Gasteiger partial charge >= 0.3 is 0 Å². The number of amides is 1. The average molecular weight is 329 g/mol. The van der Waals surface area contributed by atoms with Gasteiger partial charge in [-0.15, -0.1) is 0 Å². The highest BCUT2D eigenvalue weighted by Gasteiger charge is 2.21. The molecule has 0 saturated heterocycles. The van der Waals surface area contributed by atoms with Crippen molar-refractivity contribution in [2.45, 2.75) is 26.8 Å². The summed E-state index contributed by atoms with van der Waals surface area (Å²) in [6, 6.07) is 4.41. The van der Waals surface area contributed by atoms with Gasteiger partial charge in [0.2, 0.25) is 0 Å². The molecule has 5 nitrogen and oxygen atoms in total. The van der Waals surface area contributed by atoms with Crippen LogP contribution in [0.1, 0.15) is 29.8 Å². The van der Waals surface area contributed by atoms with Gasteiger partial charge in [-0.05, 0) is 32.4 Å². The van der Waals surface area contributed by atoms with Gasteiger partial charge in [0.15, 0.2) is 0 Å².